The highest BCUT2D eigenvalue weighted by atomic mass is 32.2. The Labute approximate surface area is 163 Å². The van der Waals surface area contributed by atoms with Crippen molar-refractivity contribution in [2.45, 2.75) is 20.3 Å². The summed E-state index contributed by atoms with van der Waals surface area (Å²) >= 11 is 0. The molecule has 0 radical (unpaired) electrons. The number of carbonyl (C=O) groups is 1. The van der Waals surface area contributed by atoms with Crippen LogP contribution in [0, 0.1) is 13.8 Å². The van der Waals surface area contributed by atoms with Crippen LogP contribution in [-0.2, 0) is 10.0 Å². The van der Waals surface area contributed by atoms with E-state index in [2.05, 4.69) is 15.3 Å². The molecule has 2 aromatic carbocycles. The number of carbonyl (C=O) groups excluding carboxylic acids is 1. The third-order valence-corrected chi connectivity index (χ3v) is 6.72. The molecular formula is C20H20N4O3S. The molecule has 0 atom stereocenters. The molecule has 1 saturated heterocycles. The van der Waals surface area contributed by atoms with E-state index in [0.717, 1.165) is 16.9 Å². The maximum Gasteiger partial charge on any atom is 0.255 e. The van der Waals surface area contributed by atoms with Crippen molar-refractivity contribution in [1.82, 2.24) is 9.97 Å². The molecule has 0 unspecified atom stereocenters. The summed E-state index contributed by atoms with van der Waals surface area (Å²) in [6.07, 6.45) is 0.630. The zero-order valence-electron chi connectivity index (χ0n) is 15.6. The Morgan fingerprint density at radius 2 is 1.68 bits per heavy atom. The van der Waals surface area contributed by atoms with Crippen LogP contribution < -0.4 is 9.62 Å². The van der Waals surface area contributed by atoms with Gasteiger partial charge in [0, 0.05) is 17.8 Å². The van der Waals surface area contributed by atoms with E-state index in [4.69, 9.17) is 0 Å². The van der Waals surface area contributed by atoms with Gasteiger partial charge in [-0.25, -0.2) is 18.4 Å². The summed E-state index contributed by atoms with van der Waals surface area (Å²) in [6, 6.07) is 12.0. The smallest absolute Gasteiger partial charge is 0.255 e. The van der Waals surface area contributed by atoms with Crippen molar-refractivity contribution in [3.8, 4) is 0 Å². The lowest BCUT2D eigenvalue weighted by molar-refractivity contribution is 0.102. The van der Waals surface area contributed by atoms with Crippen LogP contribution in [0.3, 0.4) is 0 Å². The number of aryl methyl sites for hydroxylation is 2. The zero-order valence-corrected chi connectivity index (χ0v) is 16.5. The molecule has 3 aromatic rings. The lowest BCUT2D eigenvalue weighted by Gasteiger charge is -2.17. The molecule has 7 nitrogen and oxygen atoms in total. The topological polar surface area (TPSA) is 92.3 Å². The van der Waals surface area contributed by atoms with Crippen molar-refractivity contribution < 1.29 is 13.2 Å². The highest BCUT2D eigenvalue weighted by Gasteiger charge is 2.28. The molecule has 1 aliphatic heterocycles. The zero-order chi connectivity index (χ0) is 19.9. The number of nitrogens with one attached hydrogen (secondary N) is 1. The quantitative estimate of drug-likeness (QED) is 0.735. The Kier molecular flexibility index (Phi) is 4.50. The van der Waals surface area contributed by atoms with Gasteiger partial charge < -0.3 is 5.32 Å². The lowest BCUT2D eigenvalue weighted by atomic mass is 10.1. The van der Waals surface area contributed by atoms with Crippen LogP contribution in [-0.4, -0.2) is 36.6 Å². The predicted molar refractivity (Wildman–Crippen MR) is 109 cm³/mol. The van der Waals surface area contributed by atoms with Crippen molar-refractivity contribution in [2.75, 3.05) is 21.9 Å². The number of aromatic nitrogens is 2. The molecule has 1 aromatic heterocycles. The van der Waals surface area contributed by atoms with Crippen LogP contribution >= 0.6 is 0 Å². The van der Waals surface area contributed by atoms with Gasteiger partial charge in [-0.3, -0.25) is 9.10 Å². The maximum atomic E-state index is 12.6. The first-order valence-corrected chi connectivity index (χ1v) is 10.6. The second kappa shape index (κ2) is 6.87. The summed E-state index contributed by atoms with van der Waals surface area (Å²) in [6.45, 7) is 4.28. The molecule has 1 aliphatic rings. The minimum Gasteiger partial charge on any atom is -0.322 e. The van der Waals surface area contributed by atoms with Gasteiger partial charge in [-0.05, 0) is 62.7 Å². The second-order valence-corrected chi connectivity index (χ2v) is 8.85. The summed E-state index contributed by atoms with van der Waals surface area (Å²) in [5, 5.41) is 2.83. The monoisotopic (exact) mass is 396 g/mol. The first-order chi connectivity index (χ1) is 13.3. The maximum absolute atomic E-state index is 12.6. The van der Waals surface area contributed by atoms with Crippen molar-refractivity contribution in [3.63, 3.8) is 0 Å². The molecule has 0 aliphatic carbocycles. The molecular weight excluding hydrogens is 376 g/mol. The van der Waals surface area contributed by atoms with Crippen LogP contribution in [0.1, 0.15) is 28.2 Å². The molecule has 4 rings (SSSR count). The number of anilines is 2. The minimum atomic E-state index is -3.21. The van der Waals surface area contributed by atoms with Gasteiger partial charge in [0.2, 0.25) is 10.0 Å². The van der Waals surface area contributed by atoms with E-state index >= 15 is 0 Å². The van der Waals surface area contributed by atoms with Gasteiger partial charge in [0.15, 0.2) is 0 Å². The average molecular weight is 396 g/mol. The molecule has 0 bridgehead atoms. The van der Waals surface area contributed by atoms with Gasteiger partial charge in [-0.1, -0.05) is 0 Å². The first-order valence-electron chi connectivity index (χ1n) is 9.00. The van der Waals surface area contributed by atoms with E-state index in [1.165, 1.54) is 4.31 Å². The van der Waals surface area contributed by atoms with E-state index in [-0.39, 0.29) is 11.7 Å². The largest absolute Gasteiger partial charge is 0.322 e. The van der Waals surface area contributed by atoms with Gasteiger partial charge in [-0.2, -0.15) is 0 Å². The molecule has 1 N–H and O–H groups in total. The number of benzene rings is 2. The fourth-order valence-corrected chi connectivity index (χ4v) is 4.78. The van der Waals surface area contributed by atoms with E-state index in [9.17, 15) is 13.2 Å². The Balaban J connectivity index is 1.53. The van der Waals surface area contributed by atoms with E-state index in [1.807, 2.05) is 13.8 Å². The number of fused-ring (bicyclic) bond motifs is 1. The molecule has 1 amide bonds. The van der Waals surface area contributed by atoms with Gasteiger partial charge in [0.05, 0.1) is 33.9 Å². The van der Waals surface area contributed by atoms with Gasteiger partial charge in [0.25, 0.3) is 5.91 Å². The van der Waals surface area contributed by atoms with Gasteiger partial charge in [-0.15, -0.1) is 0 Å². The number of hydrogen-bond acceptors (Lipinski definition) is 5. The molecule has 1 fully saturated rings. The Bertz CT molecular complexity index is 1170. The summed E-state index contributed by atoms with van der Waals surface area (Å²) in [4.78, 5) is 21.5. The van der Waals surface area contributed by atoms with E-state index in [0.29, 0.717) is 35.4 Å². The fourth-order valence-electron chi connectivity index (χ4n) is 3.22. The number of hydrogen-bond donors (Lipinski definition) is 1. The van der Waals surface area contributed by atoms with Gasteiger partial charge in [0.1, 0.15) is 0 Å². The number of sulfonamides is 1. The lowest BCUT2D eigenvalue weighted by Crippen LogP contribution is -2.24. The summed E-state index contributed by atoms with van der Waals surface area (Å²) < 4.78 is 25.4. The third-order valence-electron chi connectivity index (χ3n) is 4.85. The van der Waals surface area contributed by atoms with Crippen LogP contribution in [0.2, 0.25) is 0 Å². The van der Waals surface area contributed by atoms with Crippen LogP contribution in [0.4, 0.5) is 11.4 Å². The van der Waals surface area contributed by atoms with Crippen LogP contribution in [0.25, 0.3) is 11.0 Å². The summed E-state index contributed by atoms with van der Waals surface area (Å²) in [7, 11) is -3.21. The highest BCUT2D eigenvalue weighted by molar-refractivity contribution is 7.93. The van der Waals surface area contributed by atoms with E-state index in [1.54, 1.807) is 42.5 Å². The second-order valence-electron chi connectivity index (χ2n) is 6.84. The van der Waals surface area contributed by atoms with Gasteiger partial charge >= 0.3 is 0 Å². The van der Waals surface area contributed by atoms with Crippen LogP contribution in [0.15, 0.2) is 42.5 Å². The number of rotatable bonds is 3. The van der Waals surface area contributed by atoms with Crippen molar-refractivity contribution in [2.24, 2.45) is 0 Å². The third kappa shape index (κ3) is 3.43. The number of amides is 1. The Morgan fingerprint density at radius 3 is 2.32 bits per heavy atom. The first kappa shape index (κ1) is 18.4. The van der Waals surface area contributed by atoms with Crippen LogP contribution in [0.5, 0.6) is 0 Å². The predicted octanol–water partition coefficient (Wildman–Crippen LogP) is 3.04. The Morgan fingerprint density at radius 1 is 1.00 bits per heavy atom. The molecule has 2 heterocycles. The molecule has 8 heteroatoms. The van der Waals surface area contributed by atoms with Crippen molar-refractivity contribution in [1.29, 1.82) is 0 Å². The SMILES string of the molecule is Cc1nc2ccc(C(=O)Nc3ccc(N4CCCS4(=O)=O)cc3)cc2nc1C. The van der Waals surface area contributed by atoms with E-state index < -0.39 is 10.0 Å². The number of nitrogens with zero attached hydrogens (tertiary/aromatic N) is 3. The normalized spacial score (nSPS) is 15.7. The standard InChI is InChI=1S/C20H20N4O3S/c1-13-14(2)22-19-12-15(4-9-18(19)21-13)20(25)23-16-5-7-17(8-6-16)24-10-3-11-28(24,26)27/h4-9,12H,3,10-11H2,1-2H3,(H,23,25). The summed E-state index contributed by atoms with van der Waals surface area (Å²) in [5.41, 5.74) is 4.80. The van der Waals surface area contributed by atoms with Crippen molar-refractivity contribution in [3.05, 3.63) is 59.4 Å². The average Bonchev–Trinajstić information content (AvgIpc) is 3.02. The highest BCUT2D eigenvalue weighted by Crippen LogP contribution is 2.25. The Hall–Kier alpha value is -3.00. The molecule has 0 spiro atoms. The molecule has 0 saturated carbocycles. The van der Waals surface area contributed by atoms with Crippen molar-refractivity contribution >= 4 is 38.3 Å². The minimum absolute atomic E-state index is 0.176. The fraction of sp³-hybridized carbons (Fsp3) is 0.250. The molecule has 28 heavy (non-hydrogen) atoms. The summed E-state index contributed by atoms with van der Waals surface area (Å²) in [5.74, 6) is -0.0847. The molecule has 144 valence electrons.